The normalized spacial score (nSPS) is 15.1. The fourth-order valence-electron chi connectivity index (χ4n) is 10.4. The highest BCUT2D eigenvalue weighted by Gasteiger charge is 2.42. The highest BCUT2D eigenvalue weighted by atomic mass is 32.1. The van der Waals surface area contributed by atoms with E-state index in [2.05, 4.69) is 160 Å². The van der Waals surface area contributed by atoms with Crippen LogP contribution >= 0.6 is 22.7 Å². The summed E-state index contributed by atoms with van der Waals surface area (Å²) in [4.78, 5) is 2.38. The van der Waals surface area contributed by atoms with Gasteiger partial charge in [0.2, 0.25) is 0 Å². The van der Waals surface area contributed by atoms with E-state index in [4.69, 9.17) is 7.16 Å². The molecular formula is C55H41NOS2. The van der Waals surface area contributed by atoms with Crippen molar-refractivity contribution < 1.29 is 7.16 Å². The van der Waals surface area contributed by atoms with Gasteiger partial charge in [-0.3, -0.25) is 0 Å². The standard InChI is InChI=1S/C55H41NOS2/c1-54(2)32-55(3,4)43-31-51-41(30-42(43)54)52-37(19-12-24-49(52)59-51)34-15-11-14-33(28-34)36-16-5-8-20-44(36)56(35-26-27-47-40(29-35)38-17-6-9-22-46(38)57-47)45-21-13-25-50-53(45)39-18-7-10-23-48(39)58-50/h5-31H,32H2,1-4H3/i7D,10D. The van der Waals surface area contributed by atoms with Gasteiger partial charge in [0.25, 0.3) is 0 Å². The zero-order valence-corrected chi connectivity index (χ0v) is 34.9. The summed E-state index contributed by atoms with van der Waals surface area (Å²) in [5.74, 6) is 0. The summed E-state index contributed by atoms with van der Waals surface area (Å²) in [5, 5.41) is 6.88. The van der Waals surface area contributed by atoms with Crippen molar-refractivity contribution in [2.45, 2.75) is 44.9 Å². The topological polar surface area (TPSA) is 16.4 Å². The van der Waals surface area contributed by atoms with Gasteiger partial charge in [0.1, 0.15) is 11.2 Å². The third kappa shape index (κ3) is 5.29. The minimum Gasteiger partial charge on any atom is -0.456 e. The van der Waals surface area contributed by atoms with E-state index in [1.54, 1.807) is 11.3 Å². The number of para-hydroxylation sites is 2. The van der Waals surface area contributed by atoms with Crippen molar-refractivity contribution in [3.05, 3.63) is 175 Å². The largest absolute Gasteiger partial charge is 0.456 e. The van der Waals surface area contributed by atoms with Crippen molar-refractivity contribution >= 4 is 102 Å². The predicted octanol–water partition coefficient (Wildman–Crippen LogP) is 17.1. The van der Waals surface area contributed by atoms with Crippen LogP contribution in [0.4, 0.5) is 17.1 Å². The molecule has 1 aliphatic carbocycles. The molecule has 284 valence electrons. The predicted molar refractivity (Wildman–Crippen MR) is 256 cm³/mol. The minimum atomic E-state index is 0.120. The van der Waals surface area contributed by atoms with Crippen LogP contribution in [0.25, 0.3) is 84.5 Å². The Morgan fingerprint density at radius 2 is 1.15 bits per heavy atom. The number of nitrogens with zero attached hydrogens (tertiary/aromatic N) is 1. The molecule has 4 heteroatoms. The maximum atomic E-state index is 8.65. The van der Waals surface area contributed by atoms with Crippen LogP contribution in [-0.2, 0) is 10.8 Å². The monoisotopic (exact) mass is 797 g/mol. The molecule has 0 radical (unpaired) electrons. The first-order chi connectivity index (χ1) is 29.5. The van der Waals surface area contributed by atoms with Gasteiger partial charge in [-0.15, -0.1) is 22.7 Å². The molecule has 0 bridgehead atoms. The molecule has 0 spiro atoms. The lowest BCUT2D eigenvalue weighted by atomic mass is 9.82. The van der Waals surface area contributed by atoms with Crippen molar-refractivity contribution in [3.8, 4) is 22.3 Å². The SMILES string of the molecule is [2H]c1cc2sc3cccc(N(c4ccc5oc6ccccc6c5c4)c4ccccc4-c4cccc(-c5cccc6sc7cc8c(cc7c56)C(C)(C)CC8(C)C)c4)c3c2cc1[2H]. The van der Waals surface area contributed by atoms with Gasteiger partial charge in [0.15, 0.2) is 0 Å². The molecule has 0 amide bonds. The molecule has 0 fully saturated rings. The second-order valence-corrected chi connectivity index (χ2v) is 19.6. The fourth-order valence-corrected chi connectivity index (χ4v) is 12.6. The molecule has 1 aliphatic rings. The van der Waals surface area contributed by atoms with Gasteiger partial charge in [-0.2, -0.15) is 0 Å². The van der Waals surface area contributed by atoms with Crippen LogP contribution in [0.3, 0.4) is 0 Å². The molecule has 2 nitrogen and oxygen atoms in total. The number of anilines is 3. The molecule has 12 rings (SSSR count). The third-order valence-electron chi connectivity index (χ3n) is 12.7. The molecule has 59 heavy (non-hydrogen) atoms. The summed E-state index contributed by atoms with van der Waals surface area (Å²) in [5.41, 5.74) is 12.7. The van der Waals surface area contributed by atoms with Gasteiger partial charge in [-0.1, -0.05) is 119 Å². The average Bonchev–Trinajstić information content (AvgIpc) is 3.98. The molecule has 3 heterocycles. The number of rotatable bonds is 5. The summed E-state index contributed by atoms with van der Waals surface area (Å²) < 4.78 is 28.2. The zero-order valence-electron chi connectivity index (χ0n) is 35.3. The van der Waals surface area contributed by atoms with E-state index in [-0.39, 0.29) is 22.9 Å². The molecule has 0 N–H and O–H groups in total. The van der Waals surface area contributed by atoms with Gasteiger partial charge in [0.05, 0.1) is 14.1 Å². The van der Waals surface area contributed by atoms with Crippen molar-refractivity contribution in [2.75, 3.05) is 4.90 Å². The number of thiophene rings is 2. The fraction of sp³-hybridized carbons (Fsp3) is 0.127. The highest BCUT2D eigenvalue weighted by Crippen LogP contribution is 2.53. The second kappa shape index (κ2) is 12.6. The molecular weight excluding hydrogens is 755 g/mol. The molecule has 11 aromatic rings. The van der Waals surface area contributed by atoms with Crippen LogP contribution in [0.15, 0.2) is 168 Å². The van der Waals surface area contributed by atoms with E-state index in [1.165, 1.54) is 42.4 Å². The molecule has 3 aromatic heterocycles. The molecule has 0 unspecified atom stereocenters. The van der Waals surface area contributed by atoms with Gasteiger partial charge in [-0.25, -0.2) is 0 Å². The van der Waals surface area contributed by atoms with E-state index < -0.39 is 0 Å². The Morgan fingerprint density at radius 1 is 0.492 bits per heavy atom. The lowest BCUT2D eigenvalue weighted by Gasteiger charge is -2.29. The number of furan rings is 1. The average molecular weight is 798 g/mol. The lowest BCUT2D eigenvalue weighted by Crippen LogP contribution is -2.17. The third-order valence-corrected chi connectivity index (χ3v) is 15.0. The van der Waals surface area contributed by atoms with Crippen LogP contribution in [0.5, 0.6) is 0 Å². The van der Waals surface area contributed by atoms with E-state index in [9.17, 15) is 0 Å². The van der Waals surface area contributed by atoms with Crippen molar-refractivity contribution in [1.29, 1.82) is 0 Å². The van der Waals surface area contributed by atoms with E-state index >= 15 is 0 Å². The van der Waals surface area contributed by atoms with E-state index in [1.807, 2.05) is 35.6 Å². The molecule has 0 saturated heterocycles. The molecule has 0 aliphatic heterocycles. The van der Waals surface area contributed by atoms with Crippen LogP contribution in [0.1, 0.15) is 48.0 Å². The van der Waals surface area contributed by atoms with Crippen molar-refractivity contribution in [1.82, 2.24) is 0 Å². The highest BCUT2D eigenvalue weighted by molar-refractivity contribution is 7.26. The first-order valence-corrected chi connectivity index (χ1v) is 22.0. The van der Waals surface area contributed by atoms with Crippen molar-refractivity contribution in [3.63, 3.8) is 0 Å². The maximum absolute atomic E-state index is 8.65. The maximum Gasteiger partial charge on any atom is 0.135 e. The van der Waals surface area contributed by atoms with Crippen LogP contribution in [0, 0.1) is 0 Å². The Bertz CT molecular complexity index is 3620. The summed E-state index contributed by atoms with van der Waals surface area (Å²) in [7, 11) is 0. The number of fused-ring (bicyclic) bond motifs is 10. The van der Waals surface area contributed by atoms with Crippen LogP contribution < -0.4 is 4.90 Å². The number of benzene rings is 8. The lowest BCUT2D eigenvalue weighted by molar-refractivity contribution is 0.403. The molecule has 0 saturated carbocycles. The number of hydrogen-bond donors (Lipinski definition) is 0. The van der Waals surface area contributed by atoms with E-state index in [0.717, 1.165) is 76.7 Å². The van der Waals surface area contributed by atoms with Crippen molar-refractivity contribution in [2.24, 2.45) is 0 Å². The Hall–Kier alpha value is -6.20. The quantitative estimate of drug-likeness (QED) is 0.172. The molecule has 8 aromatic carbocycles. The Morgan fingerprint density at radius 3 is 2.03 bits per heavy atom. The Kier molecular flexibility index (Phi) is 7.02. The van der Waals surface area contributed by atoms with Gasteiger partial charge < -0.3 is 9.32 Å². The summed E-state index contributed by atoms with van der Waals surface area (Å²) >= 11 is 3.59. The number of hydrogen-bond acceptors (Lipinski definition) is 4. The summed E-state index contributed by atoms with van der Waals surface area (Å²) in [6.45, 7) is 9.61. The van der Waals surface area contributed by atoms with Crippen LogP contribution in [-0.4, -0.2) is 0 Å². The zero-order chi connectivity index (χ0) is 41.4. The summed E-state index contributed by atoms with van der Waals surface area (Å²) in [6.07, 6.45) is 1.15. The first-order valence-electron chi connectivity index (χ1n) is 21.4. The minimum absolute atomic E-state index is 0.120. The Balaban J connectivity index is 1.08. The Labute approximate surface area is 354 Å². The van der Waals surface area contributed by atoms with E-state index in [0.29, 0.717) is 0 Å². The smallest absolute Gasteiger partial charge is 0.135 e. The first kappa shape index (κ1) is 32.7. The van der Waals surface area contributed by atoms with Crippen LogP contribution in [0.2, 0.25) is 0 Å². The molecule has 0 atom stereocenters. The summed E-state index contributed by atoms with van der Waals surface area (Å²) in [6, 6.07) is 55.0. The van der Waals surface area contributed by atoms with Gasteiger partial charge >= 0.3 is 0 Å². The van der Waals surface area contributed by atoms with Gasteiger partial charge in [0, 0.05) is 62.4 Å². The van der Waals surface area contributed by atoms with Gasteiger partial charge in [-0.05, 0) is 118 Å². The second-order valence-electron chi connectivity index (χ2n) is 17.4.